The molecule has 1 N–H and O–H groups in total. The van der Waals surface area contributed by atoms with Gasteiger partial charge in [-0.25, -0.2) is 0 Å². The summed E-state index contributed by atoms with van der Waals surface area (Å²) in [6, 6.07) is 15.5. The van der Waals surface area contributed by atoms with Crippen LogP contribution in [0.15, 0.2) is 48.5 Å². The number of benzene rings is 2. The first-order valence-corrected chi connectivity index (χ1v) is 7.52. The largest absolute Gasteiger partial charge is 0.477 e. The van der Waals surface area contributed by atoms with Gasteiger partial charge in [-0.05, 0) is 23.8 Å². The van der Waals surface area contributed by atoms with E-state index in [0.717, 1.165) is 22.0 Å². The first kappa shape index (κ1) is 14.7. The Morgan fingerprint density at radius 2 is 2.00 bits per heavy atom. The van der Waals surface area contributed by atoms with Gasteiger partial charge in [0, 0.05) is 18.6 Å². The highest BCUT2D eigenvalue weighted by molar-refractivity contribution is 6.31. The molecule has 0 bridgehead atoms. The summed E-state index contributed by atoms with van der Waals surface area (Å²) >= 11 is 6.26. The van der Waals surface area contributed by atoms with Crippen molar-refractivity contribution in [2.45, 2.75) is 12.6 Å². The lowest BCUT2D eigenvalue weighted by Crippen LogP contribution is -2.47. The normalized spacial score (nSPS) is 16.6. The van der Waals surface area contributed by atoms with Crippen LogP contribution < -0.4 is 15.0 Å². The van der Waals surface area contributed by atoms with Gasteiger partial charge in [-0.1, -0.05) is 41.9 Å². The van der Waals surface area contributed by atoms with Gasteiger partial charge >= 0.3 is 0 Å². The number of ether oxygens (including phenoxy) is 1. The highest BCUT2D eigenvalue weighted by Crippen LogP contribution is 2.34. The topological polar surface area (TPSA) is 41.6 Å². The van der Waals surface area contributed by atoms with Crippen LogP contribution in [0.1, 0.15) is 5.56 Å². The standard InChI is InChI=1S/C17H17ClN2O2/c1-19-17(21)16-11-20(10-12-6-2-3-7-13(12)18)14-8-4-5-9-15(14)22-16/h2-9,16H,10-11H2,1H3,(H,19,21)/t16-/m1/s1. The Balaban J connectivity index is 1.92. The number of anilines is 1. The van der Waals surface area contributed by atoms with E-state index < -0.39 is 6.10 Å². The van der Waals surface area contributed by atoms with E-state index in [9.17, 15) is 4.79 Å². The van der Waals surface area contributed by atoms with Crippen LogP contribution in [0.5, 0.6) is 5.75 Å². The Labute approximate surface area is 134 Å². The third-order valence-electron chi connectivity index (χ3n) is 3.72. The fraction of sp³-hybridized carbons (Fsp3) is 0.235. The van der Waals surface area contributed by atoms with Crippen LogP contribution in [-0.2, 0) is 11.3 Å². The molecule has 2 aromatic carbocycles. The van der Waals surface area contributed by atoms with E-state index >= 15 is 0 Å². The Hall–Kier alpha value is -2.20. The molecule has 1 aliphatic heterocycles. The number of fused-ring (bicyclic) bond motifs is 1. The quantitative estimate of drug-likeness (QED) is 0.946. The molecule has 22 heavy (non-hydrogen) atoms. The van der Waals surface area contributed by atoms with Crippen molar-refractivity contribution >= 4 is 23.2 Å². The molecule has 0 unspecified atom stereocenters. The van der Waals surface area contributed by atoms with Crippen molar-refractivity contribution < 1.29 is 9.53 Å². The maximum atomic E-state index is 12.0. The van der Waals surface area contributed by atoms with Crippen molar-refractivity contribution in [3.8, 4) is 5.75 Å². The third-order valence-corrected chi connectivity index (χ3v) is 4.09. The third kappa shape index (κ3) is 2.88. The highest BCUT2D eigenvalue weighted by atomic mass is 35.5. The van der Waals surface area contributed by atoms with Crippen molar-refractivity contribution in [1.82, 2.24) is 5.32 Å². The molecule has 4 nitrogen and oxygen atoms in total. The molecule has 0 fully saturated rings. The number of nitrogens with zero attached hydrogens (tertiary/aromatic N) is 1. The van der Waals surface area contributed by atoms with E-state index in [1.807, 2.05) is 48.5 Å². The number of carbonyl (C=O) groups is 1. The van der Waals surface area contributed by atoms with Crippen LogP contribution in [0.3, 0.4) is 0 Å². The summed E-state index contributed by atoms with van der Waals surface area (Å²) in [4.78, 5) is 14.1. The average molecular weight is 317 g/mol. The number of rotatable bonds is 3. The maximum absolute atomic E-state index is 12.0. The summed E-state index contributed by atoms with van der Waals surface area (Å²) in [6.45, 7) is 1.12. The summed E-state index contributed by atoms with van der Waals surface area (Å²) in [5, 5.41) is 3.37. The minimum absolute atomic E-state index is 0.126. The minimum atomic E-state index is -0.526. The molecule has 0 aromatic heterocycles. The number of hydrogen-bond acceptors (Lipinski definition) is 3. The molecule has 114 valence electrons. The van der Waals surface area contributed by atoms with Crippen LogP contribution in [0.4, 0.5) is 5.69 Å². The van der Waals surface area contributed by atoms with Gasteiger partial charge in [-0.2, -0.15) is 0 Å². The predicted octanol–water partition coefficient (Wildman–Crippen LogP) is 2.85. The minimum Gasteiger partial charge on any atom is -0.477 e. The number of amides is 1. The first-order valence-electron chi connectivity index (χ1n) is 7.14. The molecule has 0 spiro atoms. The maximum Gasteiger partial charge on any atom is 0.262 e. The van der Waals surface area contributed by atoms with Gasteiger partial charge in [0.25, 0.3) is 5.91 Å². The summed E-state index contributed by atoms with van der Waals surface area (Å²) in [6.07, 6.45) is -0.526. The molecule has 1 amide bonds. The van der Waals surface area contributed by atoms with Crippen molar-refractivity contribution in [2.75, 3.05) is 18.5 Å². The monoisotopic (exact) mass is 316 g/mol. The molecular weight excluding hydrogens is 300 g/mol. The highest BCUT2D eigenvalue weighted by Gasteiger charge is 2.30. The van der Waals surface area contributed by atoms with Gasteiger partial charge in [-0.15, -0.1) is 0 Å². The van der Waals surface area contributed by atoms with Gasteiger partial charge in [0.15, 0.2) is 6.10 Å². The SMILES string of the molecule is CNC(=O)[C@H]1CN(Cc2ccccc2Cl)c2ccccc2O1. The van der Waals surface area contributed by atoms with Crippen LogP contribution in [0, 0.1) is 0 Å². The second-order valence-electron chi connectivity index (χ2n) is 5.16. The van der Waals surface area contributed by atoms with Crippen LogP contribution in [-0.4, -0.2) is 25.6 Å². The van der Waals surface area contributed by atoms with Crippen LogP contribution in [0.2, 0.25) is 5.02 Å². The fourth-order valence-electron chi connectivity index (χ4n) is 2.59. The number of para-hydroxylation sites is 2. The molecule has 1 heterocycles. The lowest BCUT2D eigenvalue weighted by atomic mass is 10.1. The van der Waals surface area contributed by atoms with Crippen molar-refractivity contribution in [3.05, 3.63) is 59.1 Å². The van der Waals surface area contributed by atoms with E-state index in [2.05, 4.69) is 10.2 Å². The second kappa shape index (κ2) is 6.28. The zero-order valence-corrected chi connectivity index (χ0v) is 13.0. The van der Waals surface area contributed by atoms with Crippen molar-refractivity contribution in [2.24, 2.45) is 0 Å². The molecule has 3 rings (SSSR count). The Bertz CT molecular complexity index is 690. The molecule has 0 saturated carbocycles. The fourth-order valence-corrected chi connectivity index (χ4v) is 2.78. The number of nitrogens with one attached hydrogen (secondary N) is 1. The summed E-state index contributed by atoms with van der Waals surface area (Å²) in [5.74, 6) is 0.591. The number of likely N-dealkylation sites (N-methyl/N-ethyl adjacent to an activating group) is 1. The smallest absolute Gasteiger partial charge is 0.262 e. The Morgan fingerprint density at radius 3 is 2.77 bits per heavy atom. The first-order chi connectivity index (χ1) is 10.7. The van der Waals surface area contributed by atoms with E-state index in [1.54, 1.807) is 7.05 Å². The lowest BCUT2D eigenvalue weighted by molar-refractivity contribution is -0.127. The molecule has 0 aliphatic carbocycles. The molecule has 0 saturated heterocycles. The Morgan fingerprint density at radius 1 is 1.27 bits per heavy atom. The van der Waals surface area contributed by atoms with Crippen molar-refractivity contribution in [3.63, 3.8) is 0 Å². The van der Waals surface area contributed by atoms with Crippen LogP contribution >= 0.6 is 11.6 Å². The van der Waals surface area contributed by atoms with Gasteiger partial charge < -0.3 is 15.0 Å². The van der Waals surface area contributed by atoms with Crippen molar-refractivity contribution in [1.29, 1.82) is 0 Å². The van der Waals surface area contributed by atoms with Gasteiger partial charge in [0.1, 0.15) is 5.75 Å². The van der Waals surface area contributed by atoms with Crippen LogP contribution in [0.25, 0.3) is 0 Å². The molecular formula is C17H17ClN2O2. The van der Waals surface area contributed by atoms with Gasteiger partial charge in [0.05, 0.1) is 12.2 Å². The lowest BCUT2D eigenvalue weighted by Gasteiger charge is -2.35. The number of halogens is 1. The van der Waals surface area contributed by atoms with E-state index in [1.165, 1.54) is 0 Å². The number of carbonyl (C=O) groups excluding carboxylic acids is 1. The predicted molar refractivity (Wildman–Crippen MR) is 87.4 cm³/mol. The number of hydrogen-bond donors (Lipinski definition) is 1. The zero-order chi connectivity index (χ0) is 15.5. The summed E-state index contributed by atoms with van der Waals surface area (Å²) in [5.41, 5.74) is 2.00. The molecule has 0 radical (unpaired) electrons. The Kier molecular flexibility index (Phi) is 4.20. The molecule has 2 aromatic rings. The summed E-state index contributed by atoms with van der Waals surface area (Å²) in [7, 11) is 1.62. The van der Waals surface area contributed by atoms with Gasteiger partial charge in [-0.3, -0.25) is 4.79 Å². The average Bonchev–Trinajstić information content (AvgIpc) is 2.56. The molecule has 1 aliphatic rings. The van der Waals surface area contributed by atoms with E-state index in [0.29, 0.717) is 13.1 Å². The molecule has 5 heteroatoms. The van der Waals surface area contributed by atoms with E-state index in [-0.39, 0.29) is 5.91 Å². The van der Waals surface area contributed by atoms with Gasteiger partial charge in [0.2, 0.25) is 0 Å². The molecule has 1 atom stereocenters. The summed E-state index contributed by atoms with van der Waals surface area (Å²) < 4.78 is 5.80. The second-order valence-corrected chi connectivity index (χ2v) is 5.57. The van der Waals surface area contributed by atoms with E-state index in [4.69, 9.17) is 16.3 Å². The zero-order valence-electron chi connectivity index (χ0n) is 12.3.